The Morgan fingerprint density at radius 3 is 2.39 bits per heavy atom. The summed E-state index contributed by atoms with van der Waals surface area (Å²) in [6.07, 6.45) is -5.66. The van der Waals surface area contributed by atoms with Crippen LogP contribution < -0.4 is 0 Å². The van der Waals surface area contributed by atoms with Gasteiger partial charge in [0, 0.05) is 6.61 Å². The number of ether oxygens (including phenoxy) is 3. The van der Waals surface area contributed by atoms with Gasteiger partial charge in [-0.2, -0.15) is 0 Å². The number of hydrogen-bond donors (Lipinski definition) is 3. The standard InChI is InChI=1S/C14H27O8P/c1-8(2)19-6-5-14(3,4)22-13-12(17)11(16)10(15)9(21-13)7-20-23-18/h8-13,15-17H,5-7H2,1-4H3/t9-,10-,11+,12+,13-/m1/s1. The molecule has 1 rings (SSSR count). The van der Waals surface area contributed by atoms with E-state index >= 15 is 0 Å². The normalized spacial score (nSPS) is 32.6. The molecule has 1 heterocycles. The smallest absolute Gasteiger partial charge is 0.327 e. The Balaban J connectivity index is 2.63. The van der Waals surface area contributed by atoms with Gasteiger partial charge in [-0.15, -0.1) is 0 Å². The van der Waals surface area contributed by atoms with Crippen molar-refractivity contribution in [3.8, 4) is 0 Å². The lowest BCUT2D eigenvalue weighted by Crippen LogP contribution is -2.60. The Labute approximate surface area is 138 Å². The fourth-order valence-electron chi connectivity index (χ4n) is 2.17. The molecule has 0 unspecified atom stereocenters. The van der Waals surface area contributed by atoms with Gasteiger partial charge >= 0.3 is 8.69 Å². The molecule has 1 aliphatic heterocycles. The van der Waals surface area contributed by atoms with Crippen molar-refractivity contribution in [3.63, 3.8) is 0 Å². The molecule has 0 aromatic rings. The fourth-order valence-corrected chi connectivity index (χ4v) is 2.38. The molecular weight excluding hydrogens is 327 g/mol. The third-order valence-electron chi connectivity index (χ3n) is 3.55. The molecule has 1 fully saturated rings. The first-order valence-electron chi connectivity index (χ1n) is 7.61. The maximum absolute atomic E-state index is 10.4. The molecule has 0 saturated carbocycles. The van der Waals surface area contributed by atoms with Crippen molar-refractivity contribution in [2.24, 2.45) is 0 Å². The van der Waals surface area contributed by atoms with Crippen LogP contribution in [0.1, 0.15) is 34.1 Å². The topological polar surface area (TPSA) is 115 Å². The molecule has 0 bridgehead atoms. The summed E-state index contributed by atoms with van der Waals surface area (Å²) in [5, 5.41) is 29.8. The van der Waals surface area contributed by atoms with E-state index in [1.165, 1.54) is 0 Å². The third kappa shape index (κ3) is 6.68. The molecule has 0 aliphatic carbocycles. The van der Waals surface area contributed by atoms with Crippen LogP contribution in [0.3, 0.4) is 0 Å². The van der Waals surface area contributed by atoms with Crippen LogP contribution in [0.15, 0.2) is 0 Å². The molecule has 1 aliphatic rings. The summed E-state index contributed by atoms with van der Waals surface area (Å²) in [6.45, 7) is 7.75. The fraction of sp³-hybridized carbons (Fsp3) is 1.00. The Hall–Kier alpha value is -0.180. The summed E-state index contributed by atoms with van der Waals surface area (Å²) in [4.78, 5) is 0. The molecular formula is C14H27O8P. The van der Waals surface area contributed by atoms with E-state index in [0.717, 1.165) is 0 Å². The molecule has 0 aromatic heterocycles. The second-order valence-corrected chi connectivity index (χ2v) is 6.84. The molecule has 1 saturated heterocycles. The minimum absolute atomic E-state index is 0.104. The third-order valence-corrected chi connectivity index (χ3v) is 3.80. The van der Waals surface area contributed by atoms with Crippen molar-refractivity contribution in [1.82, 2.24) is 0 Å². The second kappa shape index (κ2) is 9.34. The van der Waals surface area contributed by atoms with Gasteiger partial charge in [-0.25, -0.2) is 4.57 Å². The minimum Gasteiger partial charge on any atom is -0.387 e. The van der Waals surface area contributed by atoms with Gasteiger partial charge < -0.3 is 29.5 Å². The molecule has 136 valence electrons. The van der Waals surface area contributed by atoms with Crippen molar-refractivity contribution in [1.29, 1.82) is 0 Å². The van der Waals surface area contributed by atoms with E-state index in [0.29, 0.717) is 13.0 Å². The highest BCUT2D eigenvalue weighted by molar-refractivity contribution is 7.17. The molecule has 0 amide bonds. The lowest BCUT2D eigenvalue weighted by atomic mass is 9.98. The van der Waals surface area contributed by atoms with Crippen LogP contribution in [0.2, 0.25) is 0 Å². The quantitative estimate of drug-likeness (QED) is 0.517. The first kappa shape index (κ1) is 20.9. The predicted octanol–water partition coefficient (Wildman–Crippen LogP) is 0.628. The van der Waals surface area contributed by atoms with Gasteiger partial charge in [0.2, 0.25) is 0 Å². The van der Waals surface area contributed by atoms with Gasteiger partial charge in [0.25, 0.3) is 0 Å². The average molecular weight is 354 g/mol. The van der Waals surface area contributed by atoms with Gasteiger partial charge in [0.1, 0.15) is 24.4 Å². The maximum Gasteiger partial charge on any atom is 0.327 e. The lowest BCUT2D eigenvalue weighted by Gasteiger charge is -2.42. The Morgan fingerprint density at radius 1 is 1.17 bits per heavy atom. The molecule has 8 nitrogen and oxygen atoms in total. The van der Waals surface area contributed by atoms with E-state index in [1.807, 2.05) is 27.7 Å². The zero-order valence-electron chi connectivity index (χ0n) is 13.9. The Morgan fingerprint density at radius 2 is 1.83 bits per heavy atom. The maximum atomic E-state index is 10.4. The van der Waals surface area contributed by atoms with Crippen LogP contribution in [0.25, 0.3) is 0 Å². The highest BCUT2D eigenvalue weighted by Crippen LogP contribution is 2.27. The summed E-state index contributed by atoms with van der Waals surface area (Å²) < 4.78 is 31.7. The summed E-state index contributed by atoms with van der Waals surface area (Å²) in [5.41, 5.74) is -0.676. The van der Waals surface area contributed by atoms with E-state index < -0.39 is 45.0 Å². The first-order valence-corrected chi connectivity index (χ1v) is 8.34. The molecule has 0 radical (unpaired) electrons. The number of hydrogen-bond acceptors (Lipinski definition) is 8. The van der Waals surface area contributed by atoms with E-state index in [9.17, 15) is 19.9 Å². The molecule has 5 atom stereocenters. The average Bonchev–Trinajstić information content (AvgIpc) is 2.45. The highest BCUT2D eigenvalue weighted by atomic mass is 31.1. The van der Waals surface area contributed by atoms with Crippen LogP contribution in [-0.2, 0) is 23.3 Å². The molecule has 23 heavy (non-hydrogen) atoms. The largest absolute Gasteiger partial charge is 0.387 e. The van der Waals surface area contributed by atoms with Gasteiger partial charge in [-0.1, -0.05) is 0 Å². The molecule has 0 aromatic carbocycles. The van der Waals surface area contributed by atoms with Crippen molar-refractivity contribution in [2.45, 2.75) is 76.5 Å². The van der Waals surface area contributed by atoms with Crippen LogP contribution in [-0.4, -0.2) is 70.9 Å². The van der Waals surface area contributed by atoms with Crippen molar-refractivity contribution in [3.05, 3.63) is 0 Å². The van der Waals surface area contributed by atoms with Gasteiger partial charge in [-0.05, 0) is 34.1 Å². The monoisotopic (exact) mass is 354 g/mol. The van der Waals surface area contributed by atoms with E-state index in [2.05, 4.69) is 4.52 Å². The Bertz CT molecular complexity index is 365. The summed E-state index contributed by atoms with van der Waals surface area (Å²) >= 11 is 0. The minimum atomic E-state index is -1.45. The van der Waals surface area contributed by atoms with Gasteiger partial charge in [0.15, 0.2) is 6.29 Å². The van der Waals surface area contributed by atoms with Gasteiger partial charge in [-0.3, -0.25) is 4.52 Å². The van der Waals surface area contributed by atoms with Gasteiger partial charge in [0.05, 0.1) is 18.3 Å². The predicted molar refractivity (Wildman–Crippen MR) is 81.1 cm³/mol. The zero-order valence-corrected chi connectivity index (χ0v) is 14.8. The Kier molecular flexibility index (Phi) is 8.47. The first-order chi connectivity index (χ1) is 10.7. The molecule has 9 heteroatoms. The SMILES string of the molecule is CC(C)OCCC(C)(C)O[C@H]1O[C@H](COP=O)[C@@H](O)[C@H](O)[C@@H]1O. The molecule has 3 N–H and O–H groups in total. The van der Waals surface area contributed by atoms with Crippen molar-refractivity contribution >= 4 is 8.69 Å². The van der Waals surface area contributed by atoms with E-state index in [-0.39, 0.29) is 12.7 Å². The van der Waals surface area contributed by atoms with Crippen LogP contribution in [0.4, 0.5) is 0 Å². The second-order valence-electron chi connectivity index (χ2n) is 6.43. The van der Waals surface area contributed by atoms with Crippen LogP contribution >= 0.6 is 8.69 Å². The highest BCUT2D eigenvalue weighted by Gasteiger charge is 2.46. The zero-order chi connectivity index (χ0) is 17.6. The van der Waals surface area contributed by atoms with E-state index in [1.54, 1.807) is 0 Å². The van der Waals surface area contributed by atoms with E-state index in [4.69, 9.17) is 14.2 Å². The van der Waals surface area contributed by atoms with Crippen LogP contribution in [0, 0.1) is 0 Å². The summed E-state index contributed by atoms with van der Waals surface area (Å²) in [6, 6.07) is 0. The lowest BCUT2D eigenvalue weighted by molar-refractivity contribution is -0.323. The van der Waals surface area contributed by atoms with Crippen LogP contribution in [0.5, 0.6) is 0 Å². The van der Waals surface area contributed by atoms with Crippen molar-refractivity contribution in [2.75, 3.05) is 13.2 Å². The number of rotatable bonds is 9. The molecule has 0 spiro atoms. The summed E-state index contributed by atoms with van der Waals surface area (Å²) in [5.74, 6) is 0. The number of aliphatic hydroxyl groups excluding tert-OH is 3. The summed E-state index contributed by atoms with van der Waals surface area (Å²) in [7, 11) is -0.560. The number of aliphatic hydroxyl groups is 3. The van der Waals surface area contributed by atoms with Crippen molar-refractivity contribution < 1.29 is 38.6 Å².